The summed E-state index contributed by atoms with van der Waals surface area (Å²) in [7, 11) is 0. The number of hydrogen-bond donors (Lipinski definition) is 0. The Morgan fingerprint density at radius 1 is 1.28 bits per heavy atom. The van der Waals surface area contributed by atoms with Crippen molar-refractivity contribution >= 4 is 5.91 Å². The lowest BCUT2D eigenvalue weighted by Gasteiger charge is -2.38. The summed E-state index contributed by atoms with van der Waals surface area (Å²) in [4.78, 5) is 14.4. The smallest absolute Gasteiger partial charge is 0.259 e. The van der Waals surface area contributed by atoms with Gasteiger partial charge in [0.1, 0.15) is 23.2 Å². The Labute approximate surface area is 146 Å². The monoisotopic (exact) mass is 342 g/mol. The van der Waals surface area contributed by atoms with Gasteiger partial charge in [-0.25, -0.2) is 0 Å². The van der Waals surface area contributed by atoms with E-state index in [1.54, 1.807) is 6.92 Å². The van der Waals surface area contributed by atoms with Crippen molar-refractivity contribution in [3.8, 4) is 5.75 Å². The molecule has 2 aromatic rings. The Morgan fingerprint density at radius 3 is 2.72 bits per heavy atom. The predicted octanol–water partition coefficient (Wildman–Crippen LogP) is 2.83. The second kappa shape index (κ2) is 6.52. The Bertz CT molecular complexity index is 735. The van der Waals surface area contributed by atoms with Crippen LogP contribution in [0.15, 0.2) is 41.1 Å². The number of carbonyl (C=O) groups excluding carboxylic acids is 1. The van der Waals surface area contributed by atoms with Crippen LogP contribution in [0.3, 0.4) is 0 Å². The highest BCUT2D eigenvalue weighted by Gasteiger charge is 2.44. The number of piperidine rings is 1. The summed E-state index contributed by atoms with van der Waals surface area (Å²) < 4.78 is 17.1. The van der Waals surface area contributed by atoms with E-state index in [0.29, 0.717) is 31.0 Å². The van der Waals surface area contributed by atoms with Gasteiger partial charge >= 0.3 is 0 Å². The SMILES string of the molecule is Cc1oncc1C(=O)N1CCC2(CC1)C[C@H](Oc1ccccc1)CO2. The second-order valence-corrected chi connectivity index (χ2v) is 6.84. The molecule has 1 atom stereocenters. The molecule has 6 nitrogen and oxygen atoms in total. The number of nitrogens with zero attached hydrogens (tertiary/aromatic N) is 2. The normalized spacial score (nSPS) is 22.3. The molecule has 1 aromatic heterocycles. The zero-order valence-electron chi connectivity index (χ0n) is 14.3. The van der Waals surface area contributed by atoms with Crippen molar-refractivity contribution in [3.05, 3.63) is 47.9 Å². The van der Waals surface area contributed by atoms with Crippen molar-refractivity contribution in [2.24, 2.45) is 0 Å². The summed E-state index contributed by atoms with van der Waals surface area (Å²) in [6.45, 7) is 3.73. The molecule has 2 aliphatic heterocycles. The van der Waals surface area contributed by atoms with Crippen LogP contribution < -0.4 is 4.74 Å². The van der Waals surface area contributed by atoms with Crippen LogP contribution >= 0.6 is 0 Å². The zero-order chi connectivity index (χ0) is 17.3. The molecule has 1 amide bonds. The second-order valence-electron chi connectivity index (χ2n) is 6.84. The third-order valence-corrected chi connectivity index (χ3v) is 5.16. The molecule has 0 aliphatic carbocycles. The minimum Gasteiger partial charge on any atom is -0.488 e. The van der Waals surface area contributed by atoms with Crippen LogP contribution in [0, 0.1) is 6.92 Å². The molecule has 6 heteroatoms. The van der Waals surface area contributed by atoms with E-state index in [1.807, 2.05) is 35.2 Å². The van der Waals surface area contributed by atoms with Gasteiger partial charge in [-0.3, -0.25) is 4.79 Å². The van der Waals surface area contributed by atoms with Crippen molar-refractivity contribution in [3.63, 3.8) is 0 Å². The largest absolute Gasteiger partial charge is 0.488 e. The number of para-hydroxylation sites is 1. The first kappa shape index (κ1) is 16.1. The van der Waals surface area contributed by atoms with E-state index in [1.165, 1.54) is 6.20 Å². The highest BCUT2D eigenvalue weighted by atomic mass is 16.6. The van der Waals surface area contributed by atoms with Crippen LogP contribution in [0.4, 0.5) is 0 Å². The maximum atomic E-state index is 12.6. The Morgan fingerprint density at radius 2 is 2.04 bits per heavy atom. The summed E-state index contributed by atoms with van der Waals surface area (Å²) in [5.41, 5.74) is 0.383. The van der Waals surface area contributed by atoms with Crippen molar-refractivity contribution in [1.29, 1.82) is 0 Å². The van der Waals surface area contributed by atoms with Gasteiger partial charge in [-0.2, -0.15) is 0 Å². The molecule has 2 fully saturated rings. The van der Waals surface area contributed by atoms with E-state index in [0.717, 1.165) is 25.0 Å². The van der Waals surface area contributed by atoms with E-state index in [-0.39, 0.29) is 17.6 Å². The number of benzene rings is 1. The Hall–Kier alpha value is -2.34. The van der Waals surface area contributed by atoms with Crippen LogP contribution in [-0.4, -0.2) is 47.4 Å². The van der Waals surface area contributed by atoms with Crippen molar-refractivity contribution in [2.75, 3.05) is 19.7 Å². The molecule has 0 N–H and O–H groups in total. The fourth-order valence-corrected chi connectivity index (χ4v) is 3.71. The predicted molar refractivity (Wildman–Crippen MR) is 90.5 cm³/mol. The van der Waals surface area contributed by atoms with E-state index >= 15 is 0 Å². The lowest BCUT2D eigenvalue weighted by Crippen LogP contribution is -2.46. The maximum Gasteiger partial charge on any atom is 0.259 e. The fourth-order valence-electron chi connectivity index (χ4n) is 3.71. The number of rotatable bonds is 3. The summed E-state index contributed by atoms with van der Waals surface area (Å²) in [6, 6.07) is 9.85. The van der Waals surface area contributed by atoms with E-state index in [2.05, 4.69) is 5.16 Å². The van der Waals surface area contributed by atoms with Crippen molar-refractivity contribution in [2.45, 2.75) is 37.9 Å². The highest BCUT2D eigenvalue weighted by Crippen LogP contribution is 2.37. The topological polar surface area (TPSA) is 64.8 Å². The first-order chi connectivity index (χ1) is 12.2. The Kier molecular flexibility index (Phi) is 4.21. The lowest BCUT2D eigenvalue weighted by atomic mass is 9.87. The number of amides is 1. The fraction of sp³-hybridized carbons (Fsp3) is 0.474. The van der Waals surface area contributed by atoms with Gasteiger partial charge in [0.15, 0.2) is 0 Å². The highest BCUT2D eigenvalue weighted by molar-refractivity contribution is 5.94. The van der Waals surface area contributed by atoms with E-state index in [9.17, 15) is 4.79 Å². The average Bonchev–Trinajstić information content (AvgIpc) is 3.23. The minimum atomic E-state index is -0.167. The summed E-state index contributed by atoms with van der Waals surface area (Å²) in [6.07, 6.45) is 4.11. The number of hydrogen-bond acceptors (Lipinski definition) is 5. The van der Waals surface area contributed by atoms with Gasteiger partial charge in [-0.1, -0.05) is 23.4 Å². The van der Waals surface area contributed by atoms with Crippen molar-refractivity contribution in [1.82, 2.24) is 10.1 Å². The van der Waals surface area contributed by atoms with Crippen LogP contribution in [0.1, 0.15) is 35.4 Å². The summed E-state index contributed by atoms with van der Waals surface area (Å²) >= 11 is 0. The molecule has 0 unspecified atom stereocenters. The van der Waals surface area contributed by atoms with Crippen molar-refractivity contribution < 1.29 is 18.8 Å². The molecule has 25 heavy (non-hydrogen) atoms. The summed E-state index contributed by atoms with van der Waals surface area (Å²) in [5.74, 6) is 1.44. The quantitative estimate of drug-likeness (QED) is 0.858. The lowest BCUT2D eigenvalue weighted by molar-refractivity contribution is -0.0396. The first-order valence-corrected chi connectivity index (χ1v) is 8.71. The molecule has 1 spiro atoms. The molecular weight excluding hydrogens is 320 g/mol. The molecule has 2 saturated heterocycles. The molecule has 3 heterocycles. The van der Waals surface area contributed by atoms with Crippen LogP contribution in [0.25, 0.3) is 0 Å². The van der Waals surface area contributed by atoms with Gasteiger partial charge in [0, 0.05) is 19.5 Å². The van der Waals surface area contributed by atoms with Gasteiger partial charge in [-0.05, 0) is 31.9 Å². The third-order valence-electron chi connectivity index (χ3n) is 5.16. The number of carbonyl (C=O) groups is 1. The minimum absolute atomic E-state index is 0.0105. The molecule has 4 rings (SSSR count). The zero-order valence-corrected chi connectivity index (χ0v) is 14.3. The first-order valence-electron chi connectivity index (χ1n) is 8.71. The molecule has 0 saturated carbocycles. The van der Waals surface area contributed by atoms with Crippen LogP contribution in [0.2, 0.25) is 0 Å². The number of likely N-dealkylation sites (tertiary alicyclic amines) is 1. The molecule has 2 aliphatic rings. The molecule has 1 aromatic carbocycles. The van der Waals surface area contributed by atoms with Crippen LogP contribution in [-0.2, 0) is 4.74 Å². The molecule has 0 radical (unpaired) electrons. The number of aromatic nitrogens is 1. The van der Waals surface area contributed by atoms with Crippen LogP contribution in [0.5, 0.6) is 5.75 Å². The summed E-state index contributed by atoms with van der Waals surface area (Å²) in [5, 5.41) is 3.69. The van der Waals surface area contributed by atoms with Gasteiger partial charge in [0.05, 0.1) is 18.4 Å². The third kappa shape index (κ3) is 3.26. The average molecular weight is 342 g/mol. The van der Waals surface area contributed by atoms with Gasteiger partial charge in [0.25, 0.3) is 5.91 Å². The van der Waals surface area contributed by atoms with Gasteiger partial charge in [-0.15, -0.1) is 0 Å². The van der Waals surface area contributed by atoms with E-state index in [4.69, 9.17) is 14.0 Å². The Balaban J connectivity index is 1.34. The molecular formula is C19H22N2O4. The van der Waals surface area contributed by atoms with E-state index < -0.39 is 0 Å². The number of ether oxygens (including phenoxy) is 2. The maximum absolute atomic E-state index is 12.6. The standard InChI is InChI=1S/C19H22N2O4/c1-14-17(12-20-25-14)18(22)21-9-7-19(8-10-21)11-16(13-23-19)24-15-5-3-2-4-6-15/h2-6,12,16H,7-11,13H2,1H3/t16-/m0/s1. The number of aryl methyl sites for hydroxylation is 1. The van der Waals surface area contributed by atoms with Gasteiger partial charge in [0.2, 0.25) is 0 Å². The molecule has 0 bridgehead atoms. The molecule has 132 valence electrons. The van der Waals surface area contributed by atoms with Gasteiger partial charge < -0.3 is 18.9 Å².